The van der Waals surface area contributed by atoms with E-state index in [-0.39, 0.29) is 29.4 Å². The van der Waals surface area contributed by atoms with Crippen molar-refractivity contribution in [1.82, 2.24) is 4.90 Å². The molecule has 0 aromatic heterocycles. The summed E-state index contributed by atoms with van der Waals surface area (Å²) >= 11 is 5.95. The third-order valence-corrected chi connectivity index (χ3v) is 4.71. The molecule has 1 aromatic rings. The Kier molecular flexibility index (Phi) is 5.22. The van der Waals surface area contributed by atoms with E-state index in [0.29, 0.717) is 12.1 Å². The van der Waals surface area contributed by atoms with Crippen molar-refractivity contribution in [2.75, 3.05) is 20.2 Å². The zero-order valence-corrected chi connectivity index (χ0v) is 13.0. The van der Waals surface area contributed by atoms with Gasteiger partial charge in [0.05, 0.1) is 13.0 Å². The quantitative estimate of drug-likeness (QED) is 0.907. The van der Waals surface area contributed by atoms with Crippen molar-refractivity contribution in [1.29, 1.82) is 0 Å². The van der Waals surface area contributed by atoms with E-state index < -0.39 is 5.82 Å². The molecular weight excluding hydrogens is 293 g/mol. The third kappa shape index (κ3) is 3.95. The highest BCUT2D eigenvalue weighted by molar-refractivity contribution is 6.31. The molecule has 0 radical (unpaired) electrons. The molecule has 21 heavy (non-hydrogen) atoms. The summed E-state index contributed by atoms with van der Waals surface area (Å²) in [5.74, 6) is -0.474. The van der Waals surface area contributed by atoms with Crippen LogP contribution in [0.25, 0.3) is 0 Å². The normalized spacial score (nSPS) is 17.0. The second-order valence-corrected chi connectivity index (χ2v) is 6.43. The highest BCUT2D eigenvalue weighted by atomic mass is 35.5. The molecule has 2 rings (SSSR count). The lowest BCUT2D eigenvalue weighted by Gasteiger charge is -2.32. The molecule has 1 aromatic carbocycles. The van der Waals surface area contributed by atoms with E-state index in [9.17, 15) is 14.3 Å². The maximum Gasteiger partial charge on any atom is 0.226 e. The molecule has 0 bridgehead atoms. The number of rotatable bonds is 5. The second kappa shape index (κ2) is 6.75. The van der Waals surface area contributed by atoms with Gasteiger partial charge >= 0.3 is 0 Å². The van der Waals surface area contributed by atoms with Gasteiger partial charge in [0.25, 0.3) is 0 Å². The summed E-state index contributed by atoms with van der Waals surface area (Å²) in [6.07, 6.45) is 4.27. The second-order valence-electron chi connectivity index (χ2n) is 6.03. The molecule has 1 saturated carbocycles. The molecule has 0 aliphatic heterocycles. The lowest BCUT2D eigenvalue weighted by molar-refractivity contribution is -0.131. The fourth-order valence-corrected chi connectivity index (χ4v) is 3.28. The first-order valence-electron chi connectivity index (χ1n) is 7.24. The van der Waals surface area contributed by atoms with Crippen LogP contribution < -0.4 is 0 Å². The van der Waals surface area contributed by atoms with E-state index in [4.69, 9.17) is 11.6 Å². The summed E-state index contributed by atoms with van der Waals surface area (Å²) in [5.41, 5.74) is 0.469. The lowest BCUT2D eigenvalue weighted by Crippen LogP contribution is -2.40. The number of amides is 1. The number of nitrogens with zero attached hydrogens (tertiary/aromatic N) is 1. The van der Waals surface area contributed by atoms with Crippen molar-refractivity contribution in [2.45, 2.75) is 32.1 Å². The predicted octanol–water partition coefficient (Wildman–Crippen LogP) is 3.03. The third-order valence-electron chi connectivity index (χ3n) is 4.35. The summed E-state index contributed by atoms with van der Waals surface area (Å²) in [4.78, 5) is 13.9. The maximum absolute atomic E-state index is 13.0. The zero-order valence-electron chi connectivity index (χ0n) is 12.2. The van der Waals surface area contributed by atoms with Gasteiger partial charge in [-0.05, 0) is 30.5 Å². The first-order valence-corrected chi connectivity index (χ1v) is 7.62. The molecule has 0 spiro atoms. The topological polar surface area (TPSA) is 40.5 Å². The van der Waals surface area contributed by atoms with Crippen LogP contribution in [-0.2, 0) is 11.2 Å². The average molecular weight is 314 g/mol. The highest BCUT2D eigenvalue weighted by Crippen LogP contribution is 2.38. The van der Waals surface area contributed by atoms with Crippen LogP contribution in [0.3, 0.4) is 0 Å². The summed E-state index contributed by atoms with van der Waals surface area (Å²) in [7, 11) is 1.75. The number of carbonyl (C=O) groups excluding carboxylic acids is 1. The SMILES string of the molecule is CN(CC1(CO)CCCC1)C(=O)Cc1ccc(F)cc1Cl. The van der Waals surface area contributed by atoms with Gasteiger partial charge in [-0.15, -0.1) is 0 Å². The molecule has 0 unspecified atom stereocenters. The number of aliphatic hydroxyl groups is 1. The van der Waals surface area contributed by atoms with Crippen molar-refractivity contribution >= 4 is 17.5 Å². The van der Waals surface area contributed by atoms with Crippen LogP contribution in [0.2, 0.25) is 5.02 Å². The molecule has 116 valence electrons. The first-order chi connectivity index (χ1) is 9.96. The molecule has 1 aliphatic rings. The minimum Gasteiger partial charge on any atom is -0.396 e. The van der Waals surface area contributed by atoms with Gasteiger partial charge in [-0.3, -0.25) is 4.79 Å². The molecule has 5 heteroatoms. The zero-order chi connectivity index (χ0) is 15.5. The predicted molar refractivity (Wildman–Crippen MR) is 80.7 cm³/mol. The average Bonchev–Trinajstić information content (AvgIpc) is 2.91. The van der Waals surface area contributed by atoms with E-state index in [0.717, 1.165) is 25.7 Å². The first kappa shape index (κ1) is 16.2. The number of halogens is 2. The van der Waals surface area contributed by atoms with Gasteiger partial charge < -0.3 is 10.0 Å². The van der Waals surface area contributed by atoms with Crippen molar-refractivity contribution in [3.63, 3.8) is 0 Å². The van der Waals surface area contributed by atoms with Gasteiger partial charge in [-0.1, -0.05) is 30.5 Å². The van der Waals surface area contributed by atoms with Crippen LogP contribution in [0.1, 0.15) is 31.2 Å². The molecule has 1 aliphatic carbocycles. The molecular formula is C16H21ClFNO2. The largest absolute Gasteiger partial charge is 0.396 e. The maximum atomic E-state index is 13.0. The monoisotopic (exact) mass is 313 g/mol. The van der Waals surface area contributed by atoms with Crippen LogP contribution in [0.5, 0.6) is 0 Å². The molecule has 3 nitrogen and oxygen atoms in total. The Hall–Kier alpha value is -1.13. The number of hydrogen-bond acceptors (Lipinski definition) is 2. The van der Waals surface area contributed by atoms with Crippen LogP contribution in [0, 0.1) is 11.2 Å². The Morgan fingerprint density at radius 2 is 2.10 bits per heavy atom. The smallest absolute Gasteiger partial charge is 0.226 e. The Bertz CT molecular complexity index is 515. The molecule has 0 atom stereocenters. The van der Waals surface area contributed by atoms with Gasteiger partial charge in [-0.25, -0.2) is 4.39 Å². The summed E-state index contributed by atoms with van der Waals surface area (Å²) in [6, 6.07) is 4.07. The Morgan fingerprint density at radius 1 is 1.43 bits per heavy atom. The molecule has 0 saturated heterocycles. The van der Waals surface area contributed by atoms with Crippen LogP contribution >= 0.6 is 11.6 Å². The Morgan fingerprint density at radius 3 is 2.67 bits per heavy atom. The fourth-order valence-electron chi connectivity index (χ4n) is 3.05. The van der Waals surface area contributed by atoms with Gasteiger partial charge in [0.1, 0.15) is 5.82 Å². The van der Waals surface area contributed by atoms with Crippen LogP contribution in [0.15, 0.2) is 18.2 Å². The minimum atomic E-state index is -0.408. The van der Waals surface area contributed by atoms with Gasteiger partial charge in [0, 0.05) is 24.0 Å². The number of aliphatic hydroxyl groups excluding tert-OH is 1. The van der Waals surface area contributed by atoms with Crippen molar-refractivity contribution in [3.05, 3.63) is 34.6 Å². The molecule has 1 N–H and O–H groups in total. The molecule has 0 heterocycles. The molecule has 1 amide bonds. The van der Waals surface area contributed by atoms with Gasteiger partial charge in [-0.2, -0.15) is 0 Å². The molecule has 1 fully saturated rings. The lowest BCUT2D eigenvalue weighted by atomic mass is 9.86. The summed E-state index contributed by atoms with van der Waals surface area (Å²) in [5, 5.41) is 9.88. The Balaban J connectivity index is 1.99. The van der Waals surface area contributed by atoms with Crippen molar-refractivity contribution < 1.29 is 14.3 Å². The van der Waals surface area contributed by atoms with Gasteiger partial charge in [0.15, 0.2) is 0 Å². The van der Waals surface area contributed by atoms with E-state index in [2.05, 4.69) is 0 Å². The summed E-state index contributed by atoms with van der Waals surface area (Å²) in [6.45, 7) is 0.670. The number of hydrogen-bond donors (Lipinski definition) is 1. The van der Waals surface area contributed by atoms with E-state index in [1.165, 1.54) is 12.1 Å². The number of likely N-dealkylation sites (N-methyl/N-ethyl adjacent to an activating group) is 1. The van der Waals surface area contributed by atoms with Crippen LogP contribution in [0.4, 0.5) is 4.39 Å². The van der Waals surface area contributed by atoms with Crippen LogP contribution in [-0.4, -0.2) is 36.1 Å². The highest BCUT2D eigenvalue weighted by Gasteiger charge is 2.35. The van der Waals surface area contributed by atoms with Crippen molar-refractivity contribution in [3.8, 4) is 0 Å². The van der Waals surface area contributed by atoms with Crippen molar-refractivity contribution in [2.24, 2.45) is 5.41 Å². The van der Waals surface area contributed by atoms with E-state index >= 15 is 0 Å². The fraction of sp³-hybridized carbons (Fsp3) is 0.562. The van der Waals surface area contributed by atoms with Gasteiger partial charge in [0.2, 0.25) is 5.91 Å². The number of carbonyl (C=O) groups is 1. The van der Waals surface area contributed by atoms with E-state index in [1.807, 2.05) is 0 Å². The minimum absolute atomic E-state index is 0.0665. The standard InChI is InChI=1S/C16H21ClFNO2/c1-19(10-16(11-20)6-2-3-7-16)15(21)8-12-4-5-13(18)9-14(12)17/h4-5,9,20H,2-3,6-8,10-11H2,1H3. The Labute approximate surface area is 129 Å². The number of benzene rings is 1. The summed E-state index contributed by atoms with van der Waals surface area (Å²) < 4.78 is 13.0. The van der Waals surface area contributed by atoms with E-state index in [1.54, 1.807) is 18.0 Å².